The fourth-order valence-corrected chi connectivity index (χ4v) is 12.2. The molecule has 0 aliphatic rings. The van der Waals surface area contributed by atoms with Crippen molar-refractivity contribution in [2.24, 2.45) is 0 Å². The number of aromatic nitrogens is 8. The second-order valence-corrected chi connectivity index (χ2v) is 21.8. The van der Waals surface area contributed by atoms with E-state index >= 15 is 0 Å². The van der Waals surface area contributed by atoms with Crippen LogP contribution in [0.5, 0.6) is 0 Å². The maximum atomic E-state index is 8.87. The summed E-state index contributed by atoms with van der Waals surface area (Å²) in [4.78, 5) is 7.04. The van der Waals surface area contributed by atoms with Gasteiger partial charge in [-0.1, -0.05) is 195 Å². The Balaban J connectivity index is 0.000000138. The zero-order valence-electron chi connectivity index (χ0n) is 45.1. The highest BCUT2D eigenvalue weighted by Crippen LogP contribution is 2.39. The molecule has 85 heavy (non-hydrogen) atoms. The molecule has 12 heteroatoms. The molecule has 4 heterocycles. The summed E-state index contributed by atoms with van der Waals surface area (Å²) < 4.78 is 4.93. The minimum atomic E-state index is -1.43. The molecule has 0 bridgehead atoms. The molecule has 4 aromatic heterocycles. The molecule has 10 nitrogen and oxygen atoms in total. The van der Waals surface area contributed by atoms with Gasteiger partial charge in [-0.2, -0.15) is 0 Å². The lowest BCUT2D eigenvalue weighted by atomic mass is 9.80. The largest absolute Gasteiger partial charge is 0.488 e. The van der Waals surface area contributed by atoms with Crippen LogP contribution in [0.3, 0.4) is 0 Å². The molecule has 0 unspecified atom stereocenters. The van der Waals surface area contributed by atoms with Crippen LogP contribution in [0.15, 0.2) is 280 Å². The molecule has 0 spiro atoms. The van der Waals surface area contributed by atoms with E-state index in [4.69, 9.17) is 10.0 Å². The third kappa shape index (κ3) is 10.8. The first-order valence-electron chi connectivity index (χ1n) is 27.5. The van der Waals surface area contributed by atoms with E-state index in [1.54, 1.807) is 54.1 Å². The van der Waals surface area contributed by atoms with Crippen molar-refractivity contribution in [3.05, 3.63) is 284 Å². The number of hydrogen-bond donors (Lipinski definition) is 4. The molecule has 12 aromatic carbocycles. The predicted octanol–water partition coefficient (Wildman–Crippen LogP) is 17.3. The Morgan fingerprint density at radius 3 is 1.14 bits per heavy atom. The highest BCUT2D eigenvalue weighted by atomic mass is 127. The summed E-state index contributed by atoms with van der Waals surface area (Å²) in [6, 6.07) is 89.8. The van der Waals surface area contributed by atoms with Gasteiger partial charge >= 0.3 is 7.12 Å². The van der Waals surface area contributed by atoms with Crippen LogP contribution in [0, 0.1) is 3.57 Å². The standard InChI is InChI=1S/C36H24N4.C28H18IN.C8H8BN3O2.CH4.H2/c1-2-10-34-32(7-1)33-21-28(17-20-35(33)39-34)24-11-13-25(14-12-24)30-8-3-5-27-6-4-9-31(36(27)30)26-15-18-29(19-16-26)40-22-37-38-23-40;29-25-9-4-6-20-5-3-8-22(28(20)25)19-13-11-18(12-14-19)21-15-16-27-24(17-21)23-7-1-2-10-26(23)30-27;13-9(14)7-1-3-8(4-2-7)12-5-10-11-6-12;;/h1-23,39H;1-17,30H;1-6,13-14H;1H4;1H/i;;;;1+1. The summed E-state index contributed by atoms with van der Waals surface area (Å²) in [5, 5.41) is 43.1. The molecule has 0 saturated heterocycles. The van der Waals surface area contributed by atoms with Crippen molar-refractivity contribution in [2.75, 3.05) is 0 Å². The highest BCUT2D eigenvalue weighted by Gasteiger charge is 2.14. The van der Waals surface area contributed by atoms with Gasteiger partial charge in [0.05, 0.1) is 0 Å². The number of nitrogens with zero attached hydrogens (tertiary/aromatic N) is 6. The lowest BCUT2D eigenvalue weighted by Crippen LogP contribution is -2.29. The maximum absolute atomic E-state index is 8.87. The number of halogens is 1. The van der Waals surface area contributed by atoms with E-state index in [0.717, 1.165) is 11.4 Å². The summed E-state index contributed by atoms with van der Waals surface area (Å²) in [7, 11) is -1.43. The molecule has 16 aromatic rings. The van der Waals surface area contributed by atoms with Crippen molar-refractivity contribution in [3.8, 4) is 67.0 Å². The number of nitrogens with one attached hydrogen (secondary N) is 2. The maximum Gasteiger partial charge on any atom is 0.488 e. The van der Waals surface area contributed by atoms with Crippen molar-refractivity contribution >= 4 is 100 Å². The highest BCUT2D eigenvalue weighted by molar-refractivity contribution is 14.1. The van der Waals surface area contributed by atoms with Gasteiger partial charge in [0.1, 0.15) is 25.3 Å². The fraction of sp³-hybridized carbons (Fsp3) is 0.0137. The Morgan fingerprint density at radius 2 is 0.694 bits per heavy atom. The van der Waals surface area contributed by atoms with Gasteiger partial charge in [-0.3, -0.25) is 9.13 Å². The Morgan fingerprint density at radius 1 is 0.341 bits per heavy atom. The fourth-order valence-electron chi connectivity index (χ4n) is 11.4. The number of H-pyrrole nitrogens is 2. The van der Waals surface area contributed by atoms with E-state index in [9.17, 15) is 0 Å². The first-order chi connectivity index (χ1) is 41.4. The molecule has 16 rings (SSSR count). The third-order valence-corrected chi connectivity index (χ3v) is 16.5. The first-order valence-corrected chi connectivity index (χ1v) is 28.6. The van der Waals surface area contributed by atoms with E-state index < -0.39 is 7.12 Å². The van der Waals surface area contributed by atoms with Crippen LogP contribution in [-0.4, -0.2) is 56.7 Å². The molecule has 0 radical (unpaired) electrons. The molecule has 0 amide bonds. The second kappa shape index (κ2) is 23.5. The summed E-state index contributed by atoms with van der Waals surface area (Å²) >= 11 is 2.44. The summed E-state index contributed by atoms with van der Waals surface area (Å²) in [5.41, 5.74) is 19.4. The smallest absolute Gasteiger partial charge is 0.423 e. The predicted molar refractivity (Wildman–Crippen MR) is 361 cm³/mol. The second-order valence-electron chi connectivity index (χ2n) is 20.6. The zero-order valence-corrected chi connectivity index (χ0v) is 47.2. The van der Waals surface area contributed by atoms with Gasteiger partial charge in [0.2, 0.25) is 0 Å². The average molecular weight is 1220 g/mol. The molecule has 0 fully saturated rings. The average Bonchev–Trinajstić information content (AvgIpc) is 4.56. The lowest BCUT2D eigenvalue weighted by Gasteiger charge is -2.14. The van der Waals surface area contributed by atoms with Crippen LogP contribution in [0.25, 0.3) is 132 Å². The first kappa shape index (κ1) is 54.0. The summed E-state index contributed by atoms with van der Waals surface area (Å²) in [6.45, 7) is 0. The van der Waals surface area contributed by atoms with E-state index in [2.05, 4.69) is 283 Å². The summed E-state index contributed by atoms with van der Waals surface area (Å²) in [5.74, 6) is 0. The number of hydrogen-bond acceptors (Lipinski definition) is 6. The van der Waals surface area contributed by atoms with Gasteiger partial charge in [0, 0.05) is 65.4 Å². The quantitative estimate of drug-likeness (QED) is 0.0885. The van der Waals surface area contributed by atoms with Crippen LogP contribution in [0.2, 0.25) is 0 Å². The number of aromatic amines is 2. The Bertz CT molecular complexity index is 4980. The van der Waals surface area contributed by atoms with Gasteiger partial charge in [-0.05, 0) is 167 Å². The topological polar surface area (TPSA) is 133 Å². The van der Waals surface area contributed by atoms with Crippen molar-refractivity contribution in [2.45, 2.75) is 7.43 Å². The van der Waals surface area contributed by atoms with Gasteiger partial charge < -0.3 is 20.0 Å². The van der Waals surface area contributed by atoms with Crippen LogP contribution in [0.1, 0.15) is 8.85 Å². The summed E-state index contributed by atoms with van der Waals surface area (Å²) in [6.07, 6.45) is 6.58. The number of fused-ring (bicyclic) bond motifs is 8. The molecule has 4 N–H and O–H groups in total. The molecular weight excluding hydrogens is 1160 g/mol. The molecule has 0 aliphatic heterocycles. The van der Waals surface area contributed by atoms with Gasteiger partial charge in [0.25, 0.3) is 0 Å². The van der Waals surface area contributed by atoms with E-state index in [1.807, 2.05) is 4.57 Å². The zero-order chi connectivity index (χ0) is 56.5. The van der Waals surface area contributed by atoms with Crippen LogP contribution in [0.4, 0.5) is 0 Å². The minimum absolute atomic E-state index is 0. The van der Waals surface area contributed by atoms with E-state index in [1.165, 1.54) is 124 Å². The van der Waals surface area contributed by atoms with Crippen LogP contribution < -0.4 is 5.46 Å². The Hall–Kier alpha value is -10.2. The number of benzene rings is 12. The molecule has 0 atom stereocenters. The normalized spacial score (nSPS) is 11.1. The van der Waals surface area contributed by atoms with E-state index in [-0.39, 0.29) is 8.85 Å². The Labute approximate surface area is 506 Å². The van der Waals surface area contributed by atoms with Crippen molar-refractivity contribution in [1.29, 1.82) is 0 Å². The van der Waals surface area contributed by atoms with Gasteiger partial charge in [0.15, 0.2) is 0 Å². The molecule has 0 saturated carbocycles. The van der Waals surface area contributed by atoms with Crippen molar-refractivity contribution < 1.29 is 11.5 Å². The Kier molecular flexibility index (Phi) is 15.0. The lowest BCUT2D eigenvalue weighted by molar-refractivity contribution is 0.426. The van der Waals surface area contributed by atoms with Gasteiger partial charge in [-0.15, -0.1) is 20.4 Å². The van der Waals surface area contributed by atoms with Crippen molar-refractivity contribution in [1.82, 2.24) is 39.5 Å². The molecule has 410 valence electrons. The van der Waals surface area contributed by atoms with Crippen molar-refractivity contribution in [3.63, 3.8) is 0 Å². The van der Waals surface area contributed by atoms with E-state index in [0.29, 0.717) is 5.46 Å². The minimum Gasteiger partial charge on any atom is -0.423 e. The van der Waals surface area contributed by atoms with Gasteiger partial charge in [-0.25, -0.2) is 0 Å². The third-order valence-electron chi connectivity index (χ3n) is 15.6. The molecule has 0 aliphatic carbocycles. The number of rotatable bonds is 8. The monoisotopic (exact) mass is 1220 g/mol. The number of para-hydroxylation sites is 2. The van der Waals surface area contributed by atoms with Crippen LogP contribution >= 0.6 is 22.6 Å². The van der Waals surface area contributed by atoms with Crippen LogP contribution in [-0.2, 0) is 0 Å². The molecular formula is C73H56BIN8O2. The SMILES string of the molecule is C.Ic1cccc2cccc(-c3ccc(-c4ccc5[nH]c6ccccc6c5c4)cc3)c12.OB(O)c1ccc(-n2cnnc2)cc1.[2HH].c1cc(-c2ccc(-c3ccc4[nH]c5ccccc5c4c3)cc2)c2c(-c3ccc(-n4cnnc4)cc3)cccc2c1.